The van der Waals surface area contributed by atoms with Crippen LogP contribution in [0.3, 0.4) is 0 Å². The van der Waals surface area contributed by atoms with Crippen LogP contribution in [-0.4, -0.2) is 79.1 Å². The van der Waals surface area contributed by atoms with E-state index in [1.54, 1.807) is 25.2 Å². The lowest BCUT2D eigenvalue weighted by Gasteiger charge is -2.38. The molecule has 10 heteroatoms. The third kappa shape index (κ3) is 8.45. The number of rotatable bonds is 13. The molecule has 2 heterocycles. The predicted molar refractivity (Wildman–Crippen MR) is 186 cm³/mol. The number of nitrogens with two attached hydrogens (primary N) is 1. The van der Waals surface area contributed by atoms with Gasteiger partial charge in [-0.15, -0.1) is 0 Å². The number of phenols is 1. The van der Waals surface area contributed by atoms with Crippen molar-refractivity contribution in [3.05, 3.63) is 95.6 Å². The number of aldehydes is 1. The highest BCUT2D eigenvalue weighted by atomic mass is 16.5. The highest BCUT2D eigenvalue weighted by Crippen LogP contribution is 2.33. The van der Waals surface area contributed by atoms with Gasteiger partial charge >= 0.3 is 0 Å². The van der Waals surface area contributed by atoms with Gasteiger partial charge in [0.15, 0.2) is 12.4 Å². The molecule has 2 saturated heterocycles. The fraction of sp³-hybridized carbons (Fsp3) is 0.351. The Hall–Kier alpha value is -4.96. The van der Waals surface area contributed by atoms with Gasteiger partial charge in [-0.25, -0.2) is 0 Å². The van der Waals surface area contributed by atoms with Crippen LogP contribution in [0.4, 0.5) is 5.69 Å². The summed E-state index contributed by atoms with van der Waals surface area (Å²) in [6.45, 7) is 4.02. The molecule has 0 radical (unpaired) electrons. The minimum Gasteiger partial charge on any atom is -0.507 e. The number of carbonyl (C=O) groups excluding carboxylic acids is 2. The maximum Gasteiger partial charge on any atom is 0.219 e. The number of anilines is 1. The standard InChI is InChI=1S/C37H44N6O4/c1-41-36(46)15-14-31(24-44)47-30-12-8-25(9-13-30)27-16-19-43(23-27)29-17-20-42(21-18-29)28-10-6-26(7-11-28)33(37(39)40)22-34(38)32-4-2-3-5-35(32)45/h2-13,22,24,27,29,31,38,45H,14-21,23H2,1H3,(H3,39,40)(H,41,46)/b33-22-,38-34?. The molecule has 0 saturated carbocycles. The van der Waals surface area contributed by atoms with E-state index in [-0.39, 0.29) is 29.6 Å². The Morgan fingerprint density at radius 2 is 1.72 bits per heavy atom. The van der Waals surface area contributed by atoms with Gasteiger partial charge in [-0.2, -0.15) is 0 Å². The summed E-state index contributed by atoms with van der Waals surface area (Å²) in [7, 11) is 1.58. The molecule has 0 spiro atoms. The number of nitrogens with one attached hydrogen (secondary N) is 3. The number of para-hydroxylation sites is 1. The number of amidine groups is 1. The smallest absolute Gasteiger partial charge is 0.219 e. The zero-order valence-electron chi connectivity index (χ0n) is 26.8. The first kappa shape index (κ1) is 33.4. The van der Waals surface area contributed by atoms with Crippen molar-refractivity contribution in [2.45, 2.75) is 50.2 Å². The Morgan fingerprint density at radius 1 is 1.02 bits per heavy atom. The van der Waals surface area contributed by atoms with E-state index >= 15 is 0 Å². The summed E-state index contributed by atoms with van der Waals surface area (Å²) in [6.07, 6.45) is 5.51. The van der Waals surface area contributed by atoms with Crippen LogP contribution >= 0.6 is 0 Å². The molecular weight excluding hydrogens is 592 g/mol. The Kier molecular flexibility index (Phi) is 11.1. The second-order valence-corrected chi connectivity index (χ2v) is 12.2. The number of likely N-dealkylation sites (tertiary alicyclic amines) is 1. The third-order valence-corrected chi connectivity index (χ3v) is 9.24. The number of amides is 1. The molecule has 3 aromatic rings. The van der Waals surface area contributed by atoms with E-state index in [4.69, 9.17) is 21.3 Å². The van der Waals surface area contributed by atoms with E-state index < -0.39 is 6.10 Å². The van der Waals surface area contributed by atoms with Gasteiger partial charge < -0.3 is 31.2 Å². The summed E-state index contributed by atoms with van der Waals surface area (Å²) in [5.41, 5.74) is 9.97. The summed E-state index contributed by atoms with van der Waals surface area (Å²) in [5, 5.41) is 29.2. The molecule has 0 bridgehead atoms. The molecule has 47 heavy (non-hydrogen) atoms. The molecule has 0 aliphatic carbocycles. The molecule has 2 atom stereocenters. The number of piperidine rings is 1. The highest BCUT2D eigenvalue weighted by molar-refractivity contribution is 6.27. The normalized spacial score (nSPS) is 18.0. The largest absolute Gasteiger partial charge is 0.507 e. The van der Waals surface area contributed by atoms with Crippen LogP contribution in [0.15, 0.2) is 78.9 Å². The molecule has 5 rings (SSSR count). The zero-order valence-corrected chi connectivity index (χ0v) is 26.8. The molecular formula is C37H44N6O4. The molecule has 2 aliphatic rings. The fourth-order valence-electron chi connectivity index (χ4n) is 6.52. The number of aromatic hydroxyl groups is 1. The topological polar surface area (TPSA) is 156 Å². The van der Waals surface area contributed by atoms with Crippen LogP contribution in [0.1, 0.15) is 54.7 Å². The fourth-order valence-corrected chi connectivity index (χ4v) is 6.52. The Morgan fingerprint density at radius 3 is 2.36 bits per heavy atom. The van der Waals surface area contributed by atoms with Crippen LogP contribution in [-0.2, 0) is 9.59 Å². The summed E-state index contributed by atoms with van der Waals surface area (Å²) in [6, 6.07) is 23.2. The number of carbonyl (C=O) groups is 2. The molecule has 1 amide bonds. The molecule has 3 aromatic carbocycles. The quantitative estimate of drug-likeness (QED) is 0.103. The second kappa shape index (κ2) is 15.6. The van der Waals surface area contributed by atoms with Crippen molar-refractivity contribution in [2.24, 2.45) is 5.73 Å². The molecule has 2 fully saturated rings. The Labute approximate surface area is 276 Å². The average molecular weight is 637 g/mol. The first-order chi connectivity index (χ1) is 22.7. The van der Waals surface area contributed by atoms with E-state index in [2.05, 4.69) is 39.4 Å². The number of hydrogen-bond donors (Lipinski definition) is 5. The van der Waals surface area contributed by atoms with E-state index in [1.807, 2.05) is 24.3 Å². The first-order valence-corrected chi connectivity index (χ1v) is 16.2. The summed E-state index contributed by atoms with van der Waals surface area (Å²) >= 11 is 0. The monoisotopic (exact) mass is 636 g/mol. The van der Waals surface area contributed by atoms with Gasteiger partial charge in [0.25, 0.3) is 0 Å². The van der Waals surface area contributed by atoms with Crippen LogP contribution in [0.2, 0.25) is 0 Å². The number of nitrogens with zero attached hydrogens (tertiary/aromatic N) is 2. The maximum atomic E-state index is 11.5. The van der Waals surface area contributed by atoms with Crippen molar-refractivity contribution >= 4 is 35.0 Å². The molecule has 10 nitrogen and oxygen atoms in total. The summed E-state index contributed by atoms with van der Waals surface area (Å²) in [5.74, 6) is 0.870. The SMILES string of the molecule is CNC(=O)CCC(C=O)Oc1ccc(C2CCN(C3CCN(c4ccc(/C(=C/C(=N)c5ccccc5O)C(=N)N)cc4)CC3)C2)cc1. The number of benzene rings is 3. The average Bonchev–Trinajstić information content (AvgIpc) is 3.60. The lowest BCUT2D eigenvalue weighted by Crippen LogP contribution is -2.44. The van der Waals surface area contributed by atoms with Gasteiger partial charge in [-0.3, -0.25) is 19.9 Å². The molecule has 2 aliphatic heterocycles. The minimum atomic E-state index is -0.643. The number of phenolic OH excluding ortho intramolecular Hbond substituents is 1. The number of ether oxygens (including phenoxy) is 1. The lowest BCUT2D eigenvalue weighted by atomic mass is 9.98. The van der Waals surface area contributed by atoms with Crippen molar-refractivity contribution in [1.82, 2.24) is 10.2 Å². The van der Waals surface area contributed by atoms with Crippen LogP contribution in [0, 0.1) is 10.8 Å². The Bertz CT molecular complexity index is 1600. The third-order valence-electron chi connectivity index (χ3n) is 9.24. The van der Waals surface area contributed by atoms with Crippen molar-refractivity contribution < 1.29 is 19.4 Å². The summed E-state index contributed by atoms with van der Waals surface area (Å²) < 4.78 is 5.81. The number of hydrogen-bond acceptors (Lipinski definition) is 8. The van der Waals surface area contributed by atoms with Crippen LogP contribution < -0.4 is 20.7 Å². The van der Waals surface area contributed by atoms with Gasteiger partial charge in [-0.05, 0) is 91.7 Å². The van der Waals surface area contributed by atoms with E-state index in [1.165, 1.54) is 17.7 Å². The van der Waals surface area contributed by atoms with Crippen molar-refractivity contribution in [2.75, 3.05) is 38.1 Å². The van der Waals surface area contributed by atoms with Gasteiger partial charge in [-0.1, -0.05) is 36.4 Å². The lowest BCUT2D eigenvalue weighted by molar-refractivity contribution is -0.121. The minimum absolute atomic E-state index is 0.0155. The molecule has 2 unspecified atom stereocenters. The first-order valence-electron chi connectivity index (χ1n) is 16.2. The Balaban J connectivity index is 1.12. The molecule has 246 valence electrons. The molecule has 0 aromatic heterocycles. The van der Waals surface area contributed by atoms with Crippen LogP contribution in [0.5, 0.6) is 11.5 Å². The van der Waals surface area contributed by atoms with Gasteiger partial charge in [0.05, 0.1) is 5.71 Å². The molecule has 6 N–H and O–H groups in total. The van der Waals surface area contributed by atoms with Gasteiger partial charge in [0, 0.05) is 56.0 Å². The number of allylic oxidation sites excluding steroid dienone is 1. The van der Waals surface area contributed by atoms with Crippen molar-refractivity contribution in [3.8, 4) is 11.5 Å². The maximum absolute atomic E-state index is 11.5. The second-order valence-electron chi connectivity index (χ2n) is 12.2. The van der Waals surface area contributed by atoms with Gasteiger partial charge in [0.2, 0.25) is 5.91 Å². The highest BCUT2D eigenvalue weighted by Gasteiger charge is 2.31. The van der Waals surface area contributed by atoms with E-state index in [0.717, 1.165) is 63.0 Å². The zero-order chi connectivity index (χ0) is 33.3. The van der Waals surface area contributed by atoms with Crippen molar-refractivity contribution in [3.63, 3.8) is 0 Å². The predicted octanol–water partition coefficient (Wildman–Crippen LogP) is 4.71. The van der Waals surface area contributed by atoms with E-state index in [9.17, 15) is 14.7 Å². The summed E-state index contributed by atoms with van der Waals surface area (Å²) in [4.78, 5) is 28.0. The van der Waals surface area contributed by atoms with Gasteiger partial charge in [0.1, 0.15) is 17.3 Å². The van der Waals surface area contributed by atoms with Crippen LogP contribution in [0.25, 0.3) is 5.57 Å². The van der Waals surface area contributed by atoms with E-state index in [0.29, 0.717) is 35.3 Å². The van der Waals surface area contributed by atoms with Crippen molar-refractivity contribution in [1.29, 1.82) is 10.8 Å².